The second-order valence-corrected chi connectivity index (χ2v) is 9.29. The van der Waals surface area contributed by atoms with E-state index in [1.165, 1.54) is 6.92 Å². The molecule has 4 aliphatic carbocycles. The molecule has 4 rings (SSSR count). The van der Waals surface area contributed by atoms with Crippen LogP contribution in [0.5, 0.6) is 0 Å². The van der Waals surface area contributed by atoms with Crippen LogP contribution in [0, 0.1) is 17.8 Å². The summed E-state index contributed by atoms with van der Waals surface area (Å²) in [5.41, 5.74) is 0. The van der Waals surface area contributed by atoms with E-state index in [1.807, 2.05) is 0 Å². The second kappa shape index (κ2) is 3.71. The van der Waals surface area contributed by atoms with Crippen molar-refractivity contribution in [3.8, 4) is 0 Å². The molecule has 18 heavy (non-hydrogen) atoms. The first-order valence-corrected chi connectivity index (χ1v) is 8.35. The van der Waals surface area contributed by atoms with E-state index in [-0.39, 0.29) is 0 Å². The highest BCUT2D eigenvalue weighted by molar-refractivity contribution is 7.94. The van der Waals surface area contributed by atoms with Crippen LogP contribution in [0.3, 0.4) is 0 Å². The molecule has 5 heteroatoms. The molecule has 4 bridgehead atoms. The Labute approximate surface area is 108 Å². The van der Waals surface area contributed by atoms with Gasteiger partial charge in [0.05, 0.1) is 4.75 Å². The second-order valence-electron chi connectivity index (χ2n) is 6.63. The molecule has 0 aliphatic heterocycles. The first-order chi connectivity index (χ1) is 8.34. The first-order valence-electron chi connectivity index (χ1n) is 6.80. The van der Waals surface area contributed by atoms with E-state index in [9.17, 15) is 13.2 Å². The van der Waals surface area contributed by atoms with Gasteiger partial charge in [-0.1, -0.05) is 0 Å². The predicted molar refractivity (Wildman–Crippen MR) is 66.9 cm³/mol. The number of hydrogen-bond donors (Lipinski definition) is 1. The minimum atomic E-state index is -3.56. The van der Waals surface area contributed by atoms with Crippen molar-refractivity contribution in [2.75, 3.05) is 0 Å². The van der Waals surface area contributed by atoms with Gasteiger partial charge in [-0.2, -0.15) is 0 Å². The summed E-state index contributed by atoms with van der Waals surface area (Å²) in [6, 6.07) is 0. The zero-order valence-electron chi connectivity index (χ0n) is 10.6. The van der Waals surface area contributed by atoms with Gasteiger partial charge in [-0.05, 0) is 63.2 Å². The quantitative estimate of drug-likeness (QED) is 0.851. The summed E-state index contributed by atoms with van der Waals surface area (Å²) in [5.74, 6) is 0.358. The van der Waals surface area contributed by atoms with Crippen LogP contribution in [0.2, 0.25) is 0 Å². The minimum Gasteiger partial charge on any atom is -0.480 e. The van der Waals surface area contributed by atoms with Crippen LogP contribution in [0.1, 0.15) is 45.4 Å². The lowest BCUT2D eigenvalue weighted by Crippen LogP contribution is -2.57. The maximum Gasteiger partial charge on any atom is 0.321 e. The van der Waals surface area contributed by atoms with E-state index in [2.05, 4.69) is 0 Å². The fourth-order valence-electron chi connectivity index (χ4n) is 4.89. The SMILES string of the molecule is CC(C(=O)O)S(=O)(=O)C12CC3CC(CC(C3)C1)C2. The predicted octanol–water partition coefficient (Wildman–Crippen LogP) is 1.84. The lowest BCUT2D eigenvalue weighted by molar-refractivity contribution is -0.136. The van der Waals surface area contributed by atoms with Gasteiger partial charge in [0.15, 0.2) is 15.1 Å². The zero-order chi connectivity index (χ0) is 13.1. The van der Waals surface area contributed by atoms with Crippen LogP contribution >= 0.6 is 0 Å². The fourth-order valence-corrected chi connectivity index (χ4v) is 7.31. The van der Waals surface area contributed by atoms with Gasteiger partial charge in [0.25, 0.3) is 0 Å². The molecule has 1 N–H and O–H groups in total. The van der Waals surface area contributed by atoms with Gasteiger partial charge in [-0.15, -0.1) is 0 Å². The minimum absolute atomic E-state index is 0.520. The number of carboxylic acid groups (broad SMARTS) is 1. The van der Waals surface area contributed by atoms with E-state index in [1.54, 1.807) is 0 Å². The van der Waals surface area contributed by atoms with Gasteiger partial charge in [0, 0.05) is 0 Å². The number of rotatable bonds is 3. The Balaban J connectivity index is 1.98. The molecule has 0 radical (unpaired) electrons. The topological polar surface area (TPSA) is 71.4 Å². The van der Waals surface area contributed by atoms with Crippen molar-refractivity contribution in [3.05, 3.63) is 0 Å². The molecule has 0 amide bonds. The maximum absolute atomic E-state index is 12.6. The van der Waals surface area contributed by atoms with Crippen LogP contribution in [-0.4, -0.2) is 29.5 Å². The summed E-state index contributed by atoms with van der Waals surface area (Å²) in [7, 11) is -3.56. The van der Waals surface area contributed by atoms with Crippen molar-refractivity contribution in [2.45, 2.75) is 55.4 Å². The third-order valence-corrected chi connectivity index (χ3v) is 8.24. The molecule has 1 atom stereocenters. The van der Waals surface area contributed by atoms with Crippen molar-refractivity contribution in [3.63, 3.8) is 0 Å². The molecule has 4 saturated carbocycles. The van der Waals surface area contributed by atoms with Crippen LogP contribution in [0.4, 0.5) is 0 Å². The number of sulfone groups is 1. The maximum atomic E-state index is 12.6. The Morgan fingerprint density at radius 3 is 1.83 bits per heavy atom. The molecular weight excluding hydrogens is 252 g/mol. The molecule has 0 saturated heterocycles. The van der Waals surface area contributed by atoms with Crippen LogP contribution in [-0.2, 0) is 14.6 Å². The highest BCUT2D eigenvalue weighted by Gasteiger charge is 2.59. The molecule has 4 fully saturated rings. The van der Waals surface area contributed by atoms with E-state index < -0.39 is 25.8 Å². The van der Waals surface area contributed by atoms with E-state index in [0.717, 1.165) is 19.3 Å². The van der Waals surface area contributed by atoms with Gasteiger partial charge in [-0.3, -0.25) is 4.79 Å². The Morgan fingerprint density at radius 1 is 1.11 bits per heavy atom. The Bertz CT molecular complexity index is 444. The summed E-state index contributed by atoms with van der Waals surface area (Å²) in [6.45, 7) is 1.33. The van der Waals surface area contributed by atoms with E-state index >= 15 is 0 Å². The smallest absolute Gasteiger partial charge is 0.321 e. The van der Waals surface area contributed by atoms with Crippen molar-refractivity contribution in [1.29, 1.82) is 0 Å². The first kappa shape index (κ1) is 12.5. The van der Waals surface area contributed by atoms with Gasteiger partial charge in [0.2, 0.25) is 0 Å². The number of hydrogen-bond acceptors (Lipinski definition) is 3. The van der Waals surface area contributed by atoms with Gasteiger partial charge < -0.3 is 5.11 Å². The molecule has 4 nitrogen and oxygen atoms in total. The average molecular weight is 272 g/mol. The zero-order valence-corrected chi connectivity index (χ0v) is 11.4. The van der Waals surface area contributed by atoms with Crippen molar-refractivity contribution >= 4 is 15.8 Å². The van der Waals surface area contributed by atoms with Crippen LogP contribution in [0.25, 0.3) is 0 Å². The Morgan fingerprint density at radius 2 is 1.50 bits per heavy atom. The van der Waals surface area contributed by atoms with Crippen molar-refractivity contribution in [1.82, 2.24) is 0 Å². The standard InChI is InChI=1S/C13H20O4S/c1-8(12(14)15)18(16,17)13-5-9-2-10(6-13)4-11(3-9)7-13/h8-11H,2-7H2,1H3,(H,14,15). The van der Waals surface area contributed by atoms with E-state index in [0.29, 0.717) is 37.0 Å². The molecular formula is C13H20O4S. The third kappa shape index (κ3) is 1.55. The highest BCUT2D eigenvalue weighted by atomic mass is 32.2. The Kier molecular flexibility index (Phi) is 2.57. The number of carbonyl (C=O) groups is 1. The van der Waals surface area contributed by atoms with Crippen molar-refractivity contribution in [2.24, 2.45) is 17.8 Å². The monoisotopic (exact) mass is 272 g/mol. The number of aliphatic carboxylic acids is 1. The molecule has 0 aromatic heterocycles. The summed E-state index contributed by atoms with van der Waals surface area (Å²) in [4.78, 5) is 11.1. The van der Waals surface area contributed by atoms with Gasteiger partial charge >= 0.3 is 5.97 Å². The summed E-state index contributed by atoms with van der Waals surface area (Å²) < 4.78 is 24.6. The summed E-state index contributed by atoms with van der Waals surface area (Å²) in [6.07, 6.45) is 5.61. The molecule has 0 aromatic rings. The van der Waals surface area contributed by atoms with Crippen LogP contribution < -0.4 is 0 Å². The molecule has 0 aromatic carbocycles. The van der Waals surface area contributed by atoms with Crippen LogP contribution in [0.15, 0.2) is 0 Å². The van der Waals surface area contributed by atoms with Gasteiger partial charge in [0.1, 0.15) is 0 Å². The largest absolute Gasteiger partial charge is 0.480 e. The molecule has 1 unspecified atom stereocenters. The average Bonchev–Trinajstić information content (AvgIpc) is 2.25. The normalized spacial score (nSPS) is 43.9. The summed E-state index contributed by atoms with van der Waals surface area (Å²) >= 11 is 0. The van der Waals surface area contributed by atoms with Crippen molar-refractivity contribution < 1.29 is 18.3 Å². The van der Waals surface area contributed by atoms with E-state index in [4.69, 9.17) is 5.11 Å². The fraction of sp³-hybridized carbons (Fsp3) is 0.923. The lowest BCUT2D eigenvalue weighted by atomic mass is 9.56. The highest BCUT2D eigenvalue weighted by Crippen LogP contribution is 2.59. The van der Waals surface area contributed by atoms with Gasteiger partial charge in [-0.25, -0.2) is 8.42 Å². The molecule has 0 spiro atoms. The third-order valence-electron chi connectivity index (χ3n) is 5.40. The molecule has 102 valence electrons. The summed E-state index contributed by atoms with van der Waals surface area (Å²) in [5, 5.41) is 7.78. The lowest BCUT2D eigenvalue weighted by Gasteiger charge is -2.56. The molecule has 4 aliphatic rings. The number of carboxylic acids is 1. The Hall–Kier alpha value is -0.580. The molecule has 0 heterocycles.